The maximum absolute atomic E-state index is 3.56. The summed E-state index contributed by atoms with van der Waals surface area (Å²) in [5.74, 6) is 2.92. The molecule has 17 heavy (non-hydrogen) atoms. The van der Waals surface area contributed by atoms with E-state index in [1.54, 1.807) is 5.57 Å². The van der Waals surface area contributed by atoms with Crippen LogP contribution in [-0.4, -0.2) is 13.1 Å². The van der Waals surface area contributed by atoms with E-state index in [-0.39, 0.29) is 0 Å². The van der Waals surface area contributed by atoms with Crippen LogP contribution >= 0.6 is 0 Å². The summed E-state index contributed by atoms with van der Waals surface area (Å²) in [5.41, 5.74) is 1.81. The molecule has 0 saturated heterocycles. The van der Waals surface area contributed by atoms with Crippen LogP contribution in [0.1, 0.15) is 58.8 Å². The molecule has 2 aliphatic rings. The first-order valence-corrected chi connectivity index (χ1v) is 7.73. The van der Waals surface area contributed by atoms with Gasteiger partial charge in [-0.15, -0.1) is 0 Å². The minimum Gasteiger partial charge on any atom is -0.316 e. The van der Waals surface area contributed by atoms with Crippen LogP contribution in [0.4, 0.5) is 0 Å². The van der Waals surface area contributed by atoms with Gasteiger partial charge in [0.2, 0.25) is 0 Å². The van der Waals surface area contributed by atoms with E-state index >= 15 is 0 Å². The van der Waals surface area contributed by atoms with E-state index < -0.39 is 0 Å². The van der Waals surface area contributed by atoms with Crippen LogP contribution < -0.4 is 5.32 Å². The minimum absolute atomic E-state index is 0.959. The Morgan fingerprint density at radius 1 is 1.24 bits per heavy atom. The maximum atomic E-state index is 3.56. The monoisotopic (exact) mass is 235 g/mol. The zero-order chi connectivity index (χ0) is 12.1. The quantitative estimate of drug-likeness (QED) is 0.539. The van der Waals surface area contributed by atoms with Crippen LogP contribution in [0.3, 0.4) is 0 Å². The molecule has 1 fully saturated rings. The molecule has 2 aliphatic carbocycles. The van der Waals surface area contributed by atoms with E-state index in [4.69, 9.17) is 0 Å². The van der Waals surface area contributed by atoms with Gasteiger partial charge in [-0.05, 0) is 69.4 Å². The smallest absolute Gasteiger partial charge is 0.00201 e. The number of allylic oxidation sites excluding steroid dienone is 2. The summed E-state index contributed by atoms with van der Waals surface area (Å²) in [4.78, 5) is 0. The molecule has 1 heteroatoms. The molecule has 1 unspecified atom stereocenters. The summed E-state index contributed by atoms with van der Waals surface area (Å²) in [6, 6.07) is 0. The molecule has 98 valence electrons. The van der Waals surface area contributed by atoms with Crippen LogP contribution in [0.2, 0.25) is 0 Å². The summed E-state index contributed by atoms with van der Waals surface area (Å²) in [6.45, 7) is 7.03. The van der Waals surface area contributed by atoms with Crippen molar-refractivity contribution in [1.82, 2.24) is 5.32 Å². The normalized spacial score (nSPS) is 33.1. The SMILES string of the molecule is CCCNC[C@H]1C[C@@H](C2=CCC(CC)CC2)C1. The lowest BCUT2D eigenvalue weighted by atomic mass is 9.68. The highest BCUT2D eigenvalue weighted by Gasteiger charge is 2.32. The molecule has 0 amide bonds. The van der Waals surface area contributed by atoms with E-state index in [1.165, 1.54) is 58.0 Å². The van der Waals surface area contributed by atoms with Gasteiger partial charge in [-0.1, -0.05) is 31.9 Å². The lowest BCUT2D eigenvalue weighted by molar-refractivity contribution is 0.211. The van der Waals surface area contributed by atoms with Gasteiger partial charge in [0, 0.05) is 0 Å². The van der Waals surface area contributed by atoms with Crippen molar-refractivity contribution in [3.8, 4) is 0 Å². The molecule has 1 atom stereocenters. The van der Waals surface area contributed by atoms with Gasteiger partial charge < -0.3 is 5.32 Å². The first-order valence-electron chi connectivity index (χ1n) is 7.73. The molecule has 0 aromatic heterocycles. The Morgan fingerprint density at radius 3 is 2.65 bits per heavy atom. The highest BCUT2D eigenvalue weighted by atomic mass is 14.9. The second-order valence-electron chi connectivity index (χ2n) is 6.07. The number of hydrogen-bond donors (Lipinski definition) is 1. The molecule has 2 rings (SSSR count). The van der Waals surface area contributed by atoms with Crippen molar-refractivity contribution in [2.24, 2.45) is 17.8 Å². The number of rotatable bonds is 6. The molecule has 1 nitrogen and oxygen atoms in total. The van der Waals surface area contributed by atoms with Crippen molar-refractivity contribution >= 4 is 0 Å². The Morgan fingerprint density at radius 2 is 2.06 bits per heavy atom. The maximum Gasteiger partial charge on any atom is -0.00201 e. The lowest BCUT2D eigenvalue weighted by Gasteiger charge is -2.39. The molecule has 0 aliphatic heterocycles. The van der Waals surface area contributed by atoms with Crippen LogP contribution in [0.25, 0.3) is 0 Å². The third kappa shape index (κ3) is 3.58. The largest absolute Gasteiger partial charge is 0.316 e. The van der Waals surface area contributed by atoms with Crippen molar-refractivity contribution in [2.75, 3.05) is 13.1 Å². The van der Waals surface area contributed by atoms with Crippen molar-refractivity contribution in [1.29, 1.82) is 0 Å². The fourth-order valence-electron chi connectivity index (χ4n) is 3.34. The Hall–Kier alpha value is -0.300. The molecule has 0 radical (unpaired) electrons. The highest BCUT2D eigenvalue weighted by Crippen LogP contribution is 2.42. The number of nitrogens with one attached hydrogen (secondary N) is 1. The predicted molar refractivity (Wildman–Crippen MR) is 75.1 cm³/mol. The van der Waals surface area contributed by atoms with E-state index in [2.05, 4.69) is 25.2 Å². The average Bonchev–Trinajstić information content (AvgIpc) is 2.32. The topological polar surface area (TPSA) is 12.0 Å². The first kappa shape index (κ1) is 13.1. The minimum atomic E-state index is 0.959. The highest BCUT2D eigenvalue weighted by molar-refractivity contribution is 5.14. The van der Waals surface area contributed by atoms with Gasteiger partial charge in [0.15, 0.2) is 0 Å². The molecule has 1 saturated carbocycles. The van der Waals surface area contributed by atoms with E-state index in [9.17, 15) is 0 Å². The third-order valence-corrected chi connectivity index (χ3v) is 4.75. The van der Waals surface area contributed by atoms with Gasteiger partial charge in [0.05, 0.1) is 0 Å². The Bertz CT molecular complexity index is 250. The summed E-state index contributed by atoms with van der Waals surface area (Å²) in [5, 5.41) is 3.56. The Balaban J connectivity index is 1.64. The summed E-state index contributed by atoms with van der Waals surface area (Å²) >= 11 is 0. The van der Waals surface area contributed by atoms with E-state index in [0.717, 1.165) is 17.8 Å². The summed E-state index contributed by atoms with van der Waals surface area (Å²) < 4.78 is 0. The first-order chi connectivity index (χ1) is 8.33. The molecule has 0 bridgehead atoms. The molecular formula is C16H29N. The lowest BCUT2D eigenvalue weighted by Crippen LogP contribution is -2.34. The van der Waals surface area contributed by atoms with Crippen molar-refractivity contribution in [3.05, 3.63) is 11.6 Å². The van der Waals surface area contributed by atoms with Crippen LogP contribution in [-0.2, 0) is 0 Å². The van der Waals surface area contributed by atoms with Crippen LogP contribution in [0.15, 0.2) is 11.6 Å². The second-order valence-corrected chi connectivity index (χ2v) is 6.07. The summed E-state index contributed by atoms with van der Waals surface area (Å²) in [6.07, 6.45) is 12.4. The average molecular weight is 235 g/mol. The molecule has 1 N–H and O–H groups in total. The Kier molecular flexibility index (Phi) is 5.09. The van der Waals surface area contributed by atoms with Gasteiger partial charge in [0.25, 0.3) is 0 Å². The second kappa shape index (κ2) is 6.58. The van der Waals surface area contributed by atoms with E-state index in [1.807, 2.05) is 0 Å². The van der Waals surface area contributed by atoms with Gasteiger partial charge in [-0.2, -0.15) is 0 Å². The Labute approximate surface area is 107 Å². The van der Waals surface area contributed by atoms with Crippen LogP contribution in [0, 0.1) is 17.8 Å². The standard InChI is InChI=1S/C16H29N/c1-3-9-17-12-14-10-16(11-14)15-7-5-13(4-2)6-8-15/h7,13-14,16-17H,3-6,8-12H2,1-2H3/t13?,14-,16+. The number of hydrogen-bond acceptors (Lipinski definition) is 1. The van der Waals surface area contributed by atoms with Crippen molar-refractivity contribution < 1.29 is 0 Å². The van der Waals surface area contributed by atoms with Gasteiger partial charge in [-0.3, -0.25) is 0 Å². The fraction of sp³-hybridized carbons (Fsp3) is 0.875. The molecular weight excluding hydrogens is 206 g/mol. The van der Waals surface area contributed by atoms with Crippen molar-refractivity contribution in [3.63, 3.8) is 0 Å². The third-order valence-electron chi connectivity index (χ3n) is 4.75. The zero-order valence-electron chi connectivity index (χ0n) is 11.7. The van der Waals surface area contributed by atoms with Crippen molar-refractivity contribution in [2.45, 2.75) is 58.8 Å². The fourth-order valence-corrected chi connectivity index (χ4v) is 3.34. The summed E-state index contributed by atoms with van der Waals surface area (Å²) in [7, 11) is 0. The molecule has 0 aromatic rings. The van der Waals surface area contributed by atoms with Gasteiger partial charge in [-0.25, -0.2) is 0 Å². The van der Waals surface area contributed by atoms with Gasteiger partial charge >= 0.3 is 0 Å². The molecule has 0 aromatic carbocycles. The predicted octanol–water partition coefficient (Wildman–Crippen LogP) is 4.15. The van der Waals surface area contributed by atoms with Gasteiger partial charge in [0.1, 0.15) is 0 Å². The zero-order valence-corrected chi connectivity index (χ0v) is 11.7. The van der Waals surface area contributed by atoms with Crippen LogP contribution in [0.5, 0.6) is 0 Å². The molecule has 0 spiro atoms. The molecule has 0 heterocycles. The van der Waals surface area contributed by atoms with E-state index in [0.29, 0.717) is 0 Å².